The van der Waals surface area contributed by atoms with Gasteiger partial charge in [0.1, 0.15) is 5.75 Å². The molecule has 2 aromatic rings. The van der Waals surface area contributed by atoms with E-state index in [1.807, 2.05) is 41.5 Å². The van der Waals surface area contributed by atoms with Crippen LogP contribution in [0.4, 0.5) is 5.69 Å². The van der Waals surface area contributed by atoms with Crippen LogP contribution in [-0.4, -0.2) is 30.5 Å². The Kier molecular flexibility index (Phi) is 5.63. The molecule has 1 aliphatic rings. The van der Waals surface area contributed by atoms with Gasteiger partial charge >= 0.3 is 0 Å². The van der Waals surface area contributed by atoms with Crippen LogP contribution in [0.5, 0.6) is 5.75 Å². The van der Waals surface area contributed by atoms with Gasteiger partial charge in [0.25, 0.3) is 5.91 Å². The molecule has 1 aromatic heterocycles. The van der Waals surface area contributed by atoms with E-state index in [9.17, 15) is 4.79 Å². The highest BCUT2D eigenvalue weighted by Crippen LogP contribution is 2.27. The van der Waals surface area contributed by atoms with Gasteiger partial charge < -0.3 is 15.0 Å². The third-order valence-electron chi connectivity index (χ3n) is 4.90. The zero-order valence-corrected chi connectivity index (χ0v) is 16.0. The minimum atomic E-state index is 0.154. The van der Waals surface area contributed by atoms with Gasteiger partial charge in [0.2, 0.25) is 0 Å². The van der Waals surface area contributed by atoms with Crippen molar-refractivity contribution >= 4 is 22.9 Å². The number of rotatable bonds is 5. The maximum absolute atomic E-state index is 12.8. The molecule has 2 heterocycles. The maximum Gasteiger partial charge on any atom is 0.254 e. The topological polar surface area (TPSA) is 41.6 Å². The van der Waals surface area contributed by atoms with Crippen molar-refractivity contribution in [2.24, 2.45) is 0 Å². The molecular formula is C20H26N2O2S. The fourth-order valence-corrected chi connectivity index (χ4v) is 4.15. The summed E-state index contributed by atoms with van der Waals surface area (Å²) in [5, 5.41) is 5.48. The molecule has 1 N–H and O–H groups in total. The van der Waals surface area contributed by atoms with Crippen LogP contribution in [0, 0.1) is 6.92 Å². The van der Waals surface area contributed by atoms with Crippen LogP contribution in [0.3, 0.4) is 0 Å². The normalized spacial score (nSPS) is 17.4. The summed E-state index contributed by atoms with van der Waals surface area (Å²) >= 11 is 1.68. The van der Waals surface area contributed by atoms with Gasteiger partial charge in [-0.1, -0.05) is 0 Å². The van der Waals surface area contributed by atoms with Gasteiger partial charge in [0, 0.05) is 23.8 Å². The number of thiophene rings is 1. The minimum Gasteiger partial charge on any atom is -0.496 e. The average molecular weight is 359 g/mol. The number of ether oxygens (including phenoxy) is 1. The number of nitrogens with zero attached hydrogens (tertiary/aromatic N) is 1. The lowest BCUT2D eigenvalue weighted by Gasteiger charge is -2.33. The van der Waals surface area contributed by atoms with Gasteiger partial charge in [-0.3, -0.25) is 4.79 Å². The lowest BCUT2D eigenvalue weighted by atomic mass is 10.0. The Balaban J connectivity index is 1.69. The Morgan fingerprint density at radius 2 is 2.20 bits per heavy atom. The van der Waals surface area contributed by atoms with Crippen molar-refractivity contribution in [2.75, 3.05) is 19.0 Å². The largest absolute Gasteiger partial charge is 0.496 e. The van der Waals surface area contributed by atoms with Gasteiger partial charge in [0.05, 0.1) is 18.5 Å². The van der Waals surface area contributed by atoms with Crippen LogP contribution in [0.15, 0.2) is 29.6 Å². The van der Waals surface area contributed by atoms with Crippen molar-refractivity contribution in [3.63, 3.8) is 0 Å². The molecule has 0 saturated carbocycles. The molecule has 4 nitrogen and oxygen atoms in total. The lowest BCUT2D eigenvalue weighted by Crippen LogP contribution is -2.42. The summed E-state index contributed by atoms with van der Waals surface area (Å²) in [7, 11) is 1.69. The van der Waals surface area contributed by atoms with Crippen LogP contribution in [-0.2, 0) is 6.54 Å². The van der Waals surface area contributed by atoms with Crippen molar-refractivity contribution in [1.82, 2.24) is 4.90 Å². The highest BCUT2D eigenvalue weighted by molar-refractivity contribution is 7.10. The van der Waals surface area contributed by atoms with Gasteiger partial charge in [-0.2, -0.15) is 0 Å². The summed E-state index contributed by atoms with van der Waals surface area (Å²) < 4.78 is 5.35. The first kappa shape index (κ1) is 17.8. The number of amides is 1. The minimum absolute atomic E-state index is 0.154. The molecule has 3 rings (SSSR count). The number of aryl methyl sites for hydroxylation is 1. The second-order valence-corrected chi connectivity index (χ2v) is 7.64. The maximum atomic E-state index is 12.8. The lowest BCUT2D eigenvalue weighted by molar-refractivity contribution is 0.0635. The van der Waals surface area contributed by atoms with Crippen LogP contribution < -0.4 is 10.1 Å². The van der Waals surface area contributed by atoms with E-state index in [0.29, 0.717) is 6.04 Å². The number of methoxy groups -OCH3 is 1. The first-order chi connectivity index (χ1) is 12.1. The van der Waals surface area contributed by atoms with Crippen LogP contribution in [0.2, 0.25) is 0 Å². The summed E-state index contributed by atoms with van der Waals surface area (Å²) in [6.45, 7) is 5.79. The van der Waals surface area contributed by atoms with Crippen molar-refractivity contribution < 1.29 is 9.53 Å². The van der Waals surface area contributed by atoms with Crippen molar-refractivity contribution in [3.8, 4) is 5.75 Å². The Morgan fingerprint density at radius 1 is 1.36 bits per heavy atom. The monoisotopic (exact) mass is 358 g/mol. The Hall–Kier alpha value is -2.01. The summed E-state index contributed by atoms with van der Waals surface area (Å²) in [6, 6.07) is 8.26. The average Bonchev–Trinajstić information content (AvgIpc) is 3.08. The van der Waals surface area contributed by atoms with E-state index in [-0.39, 0.29) is 5.91 Å². The first-order valence-electron chi connectivity index (χ1n) is 8.86. The number of nitrogens with one attached hydrogen (secondary N) is 1. The number of hydrogen-bond donors (Lipinski definition) is 1. The summed E-state index contributed by atoms with van der Waals surface area (Å²) in [5.74, 6) is 1.07. The fourth-order valence-electron chi connectivity index (χ4n) is 3.38. The van der Waals surface area contributed by atoms with Gasteiger partial charge in [0.15, 0.2) is 0 Å². The summed E-state index contributed by atoms with van der Waals surface area (Å²) in [4.78, 5) is 16.0. The SMILES string of the molecule is COc1ccsc1CNc1ccc(C(=O)N2CCCCC2C)cc1C. The van der Waals surface area contributed by atoms with Crippen molar-refractivity contribution in [1.29, 1.82) is 0 Å². The van der Waals surface area contributed by atoms with E-state index >= 15 is 0 Å². The fraction of sp³-hybridized carbons (Fsp3) is 0.450. The van der Waals surface area contributed by atoms with Gasteiger partial charge in [-0.15, -0.1) is 11.3 Å². The molecule has 5 heteroatoms. The highest BCUT2D eigenvalue weighted by atomic mass is 32.1. The second kappa shape index (κ2) is 7.91. The van der Waals surface area contributed by atoms with E-state index in [0.717, 1.165) is 48.5 Å². The van der Waals surface area contributed by atoms with E-state index in [2.05, 4.69) is 12.2 Å². The zero-order valence-electron chi connectivity index (χ0n) is 15.2. The van der Waals surface area contributed by atoms with Gasteiger partial charge in [-0.05, 0) is 68.3 Å². The summed E-state index contributed by atoms with van der Waals surface area (Å²) in [6.07, 6.45) is 3.43. The Labute approximate surface area is 153 Å². The number of likely N-dealkylation sites (tertiary alicyclic amines) is 1. The Bertz CT molecular complexity index is 741. The predicted molar refractivity (Wildman–Crippen MR) is 104 cm³/mol. The summed E-state index contributed by atoms with van der Waals surface area (Å²) in [5.41, 5.74) is 2.93. The molecule has 1 aromatic carbocycles. The molecule has 1 unspecified atom stereocenters. The number of piperidine rings is 1. The molecule has 134 valence electrons. The van der Waals surface area contributed by atoms with Crippen molar-refractivity contribution in [3.05, 3.63) is 45.6 Å². The second-order valence-electron chi connectivity index (χ2n) is 6.64. The van der Waals surface area contributed by atoms with Crippen molar-refractivity contribution in [2.45, 2.75) is 45.7 Å². The van der Waals surface area contributed by atoms with E-state index in [4.69, 9.17) is 4.74 Å². The number of hydrogen-bond acceptors (Lipinski definition) is 4. The molecular weight excluding hydrogens is 332 g/mol. The van der Waals surface area contributed by atoms with Gasteiger partial charge in [-0.25, -0.2) is 0 Å². The Morgan fingerprint density at radius 3 is 2.92 bits per heavy atom. The van der Waals surface area contributed by atoms with E-state index < -0.39 is 0 Å². The molecule has 1 atom stereocenters. The third-order valence-corrected chi connectivity index (χ3v) is 5.80. The molecule has 0 bridgehead atoms. The zero-order chi connectivity index (χ0) is 17.8. The molecule has 1 aliphatic heterocycles. The highest BCUT2D eigenvalue weighted by Gasteiger charge is 2.24. The van der Waals surface area contributed by atoms with Crippen LogP contribution in [0.1, 0.15) is 47.0 Å². The number of carbonyl (C=O) groups excluding carboxylic acids is 1. The number of anilines is 1. The molecule has 0 aliphatic carbocycles. The standard InChI is InChI=1S/C20H26N2O2S/c1-14-12-16(20(23)22-10-5-4-6-15(22)2)7-8-17(14)21-13-19-18(24-3)9-11-25-19/h7-9,11-12,15,21H,4-6,10,13H2,1-3H3. The molecule has 25 heavy (non-hydrogen) atoms. The number of benzene rings is 1. The first-order valence-corrected chi connectivity index (χ1v) is 9.74. The smallest absolute Gasteiger partial charge is 0.254 e. The molecule has 1 amide bonds. The molecule has 1 saturated heterocycles. The molecule has 0 spiro atoms. The third kappa shape index (κ3) is 3.98. The molecule has 1 fully saturated rings. The van der Waals surface area contributed by atoms with Crippen LogP contribution in [0.25, 0.3) is 0 Å². The quantitative estimate of drug-likeness (QED) is 0.843. The van der Waals surface area contributed by atoms with E-state index in [1.165, 1.54) is 11.3 Å². The van der Waals surface area contributed by atoms with E-state index in [1.54, 1.807) is 18.4 Å². The number of carbonyl (C=O) groups is 1. The predicted octanol–water partition coefficient (Wildman–Crippen LogP) is 4.69. The van der Waals surface area contributed by atoms with Crippen LogP contribution >= 0.6 is 11.3 Å². The molecule has 0 radical (unpaired) electrons.